The van der Waals surface area contributed by atoms with Crippen LogP contribution < -0.4 is 14.8 Å². The van der Waals surface area contributed by atoms with Crippen molar-refractivity contribution in [1.29, 1.82) is 0 Å². The highest BCUT2D eigenvalue weighted by Gasteiger charge is 2.26. The van der Waals surface area contributed by atoms with Crippen LogP contribution in [0.15, 0.2) is 53.6 Å². The predicted octanol–water partition coefficient (Wildman–Crippen LogP) is 2.47. The van der Waals surface area contributed by atoms with Crippen molar-refractivity contribution >= 4 is 32.6 Å². The number of ether oxygens (including phenoxy) is 2. The van der Waals surface area contributed by atoms with Crippen molar-refractivity contribution in [3.63, 3.8) is 0 Å². The van der Waals surface area contributed by atoms with E-state index in [9.17, 15) is 18.0 Å². The second-order valence-corrected chi connectivity index (χ2v) is 10.8. The molecule has 0 bridgehead atoms. The van der Waals surface area contributed by atoms with E-state index < -0.39 is 21.5 Å². The molecule has 5 rings (SSSR count). The fraction of sp³-hybridized carbons (Fsp3) is 0.360. The molecular weight excluding hydrogens is 470 g/mol. The number of para-hydroxylation sites is 1. The van der Waals surface area contributed by atoms with Gasteiger partial charge in [0, 0.05) is 36.7 Å². The van der Waals surface area contributed by atoms with E-state index in [1.165, 1.54) is 6.20 Å². The van der Waals surface area contributed by atoms with Gasteiger partial charge in [-0.3, -0.25) is 9.59 Å². The topological polar surface area (TPSA) is 107 Å². The molecule has 1 saturated heterocycles. The van der Waals surface area contributed by atoms with Crippen LogP contribution in [0.1, 0.15) is 24.8 Å². The van der Waals surface area contributed by atoms with Crippen LogP contribution in [0.4, 0.5) is 0 Å². The Kier molecular flexibility index (Phi) is 6.38. The van der Waals surface area contributed by atoms with Crippen LogP contribution in [-0.4, -0.2) is 55.3 Å². The van der Waals surface area contributed by atoms with Gasteiger partial charge in [-0.1, -0.05) is 24.3 Å². The molecule has 184 valence electrons. The van der Waals surface area contributed by atoms with Gasteiger partial charge in [-0.25, -0.2) is 8.42 Å². The second-order valence-electron chi connectivity index (χ2n) is 8.80. The van der Waals surface area contributed by atoms with Gasteiger partial charge in [0.25, 0.3) is 0 Å². The van der Waals surface area contributed by atoms with Gasteiger partial charge < -0.3 is 24.3 Å². The maximum absolute atomic E-state index is 13.2. The summed E-state index contributed by atoms with van der Waals surface area (Å²) in [4.78, 5) is 27.2. The van der Waals surface area contributed by atoms with Gasteiger partial charge in [0.05, 0.1) is 4.90 Å². The third kappa shape index (κ3) is 4.97. The summed E-state index contributed by atoms with van der Waals surface area (Å²) in [5.41, 5.74) is 1.42. The second kappa shape index (κ2) is 9.61. The molecule has 2 aromatic carbocycles. The molecule has 3 aromatic rings. The molecule has 1 N–H and O–H groups in total. The van der Waals surface area contributed by atoms with Gasteiger partial charge in [0.2, 0.25) is 18.6 Å². The fourth-order valence-electron chi connectivity index (χ4n) is 4.53. The largest absolute Gasteiger partial charge is 0.454 e. The SMILES string of the molecule is O=C(CS(=O)(=O)c1cn(CC(=O)N2CCCCC2)c2ccccc12)NCc1ccc2c(c1)OCO2. The van der Waals surface area contributed by atoms with Crippen molar-refractivity contribution in [2.45, 2.75) is 37.2 Å². The number of hydrogen-bond donors (Lipinski definition) is 1. The first-order valence-corrected chi connectivity index (χ1v) is 13.3. The lowest BCUT2D eigenvalue weighted by Crippen LogP contribution is -2.37. The standard InChI is InChI=1S/C25H27N3O6S/c29-24(26-13-18-8-9-21-22(12-18)34-17-33-21)16-35(31,32)23-14-28(20-7-3-2-6-19(20)23)15-25(30)27-10-4-1-5-11-27/h2-3,6-9,12,14H,1,4-5,10-11,13,15-17H2,(H,26,29). The van der Waals surface area contributed by atoms with Gasteiger partial charge in [0.1, 0.15) is 12.3 Å². The lowest BCUT2D eigenvalue weighted by molar-refractivity contribution is -0.132. The first-order chi connectivity index (χ1) is 16.9. The number of piperidine rings is 1. The zero-order valence-electron chi connectivity index (χ0n) is 19.2. The fourth-order valence-corrected chi connectivity index (χ4v) is 5.93. The number of fused-ring (bicyclic) bond motifs is 2. The summed E-state index contributed by atoms with van der Waals surface area (Å²) in [7, 11) is -3.94. The smallest absolute Gasteiger partial charge is 0.242 e. The highest BCUT2D eigenvalue weighted by Crippen LogP contribution is 2.32. The number of hydrogen-bond acceptors (Lipinski definition) is 6. The van der Waals surface area contributed by atoms with E-state index in [-0.39, 0.29) is 30.7 Å². The summed E-state index contributed by atoms with van der Waals surface area (Å²) in [5.74, 6) is -0.0973. The van der Waals surface area contributed by atoms with E-state index in [4.69, 9.17) is 9.47 Å². The Bertz CT molecular complexity index is 1380. The summed E-state index contributed by atoms with van der Waals surface area (Å²) >= 11 is 0. The van der Waals surface area contributed by atoms with E-state index in [0.29, 0.717) is 22.4 Å². The number of carbonyl (C=O) groups is 2. The van der Waals surface area contributed by atoms with E-state index in [1.54, 1.807) is 47.0 Å². The van der Waals surface area contributed by atoms with Crippen LogP contribution in [0.3, 0.4) is 0 Å². The Morgan fingerprint density at radius 3 is 2.57 bits per heavy atom. The first-order valence-electron chi connectivity index (χ1n) is 11.6. The average Bonchev–Trinajstić information content (AvgIpc) is 3.48. The monoisotopic (exact) mass is 497 g/mol. The molecule has 35 heavy (non-hydrogen) atoms. The molecule has 9 nitrogen and oxygen atoms in total. The molecule has 2 aliphatic rings. The summed E-state index contributed by atoms with van der Waals surface area (Å²) in [6.45, 7) is 1.84. The Hall–Kier alpha value is -3.53. The molecule has 2 amide bonds. The molecule has 0 atom stereocenters. The summed E-state index contributed by atoms with van der Waals surface area (Å²) in [6, 6.07) is 12.3. The van der Waals surface area contributed by atoms with E-state index in [0.717, 1.165) is 37.9 Å². The van der Waals surface area contributed by atoms with Gasteiger partial charge in [-0.15, -0.1) is 0 Å². The molecule has 0 spiro atoms. The zero-order valence-corrected chi connectivity index (χ0v) is 20.1. The molecule has 0 aliphatic carbocycles. The minimum Gasteiger partial charge on any atom is -0.454 e. The number of aromatic nitrogens is 1. The highest BCUT2D eigenvalue weighted by atomic mass is 32.2. The van der Waals surface area contributed by atoms with Gasteiger partial charge in [-0.05, 0) is 43.0 Å². The van der Waals surface area contributed by atoms with Crippen LogP contribution in [0.2, 0.25) is 0 Å². The first kappa shape index (κ1) is 23.2. The van der Waals surface area contributed by atoms with Crippen LogP contribution in [0.25, 0.3) is 10.9 Å². The van der Waals surface area contributed by atoms with E-state index in [2.05, 4.69) is 5.32 Å². The zero-order chi connectivity index (χ0) is 24.4. The van der Waals surface area contributed by atoms with Crippen molar-refractivity contribution < 1.29 is 27.5 Å². The Balaban J connectivity index is 1.30. The number of likely N-dealkylation sites (tertiary alicyclic amines) is 1. The number of nitrogens with zero attached hydrogens (tertiary/aromatic N) is 2. The number of nitrogens with one attached hydrogen (secondary N) is 1. The van der Waals surface area contributed by atoms with Crippen molar-refractivity contribution in [1.82, 2.24) is 14.8 Å². The number of sulfone groups is 1. The molecule has 0 radical (unpaired) electrons. The summed E-state index contributed by atoms with van der Waals surface area (Å²) in [6.07, 6.45) is 4.57. The third-order valence-electron chi connectivity index (χ3n) is 6.35. The Morgan fingerprint density at radius 1 is 0.971 bits per heavy atom. The molecule has 10 heteroatoms. The lowest BCUT2D eigenvalue weighted by Gasteiger charge is -2.27. The molecule has 0 unspecified atom stereocenters. The highest BCUT2D eigenvalue weighted by molar-refractivity contribution is 7.92. The van der Waals surface area contributed by atoms with Crippen molar-refractivity contribution in [2.75, 3.05) is 25.6 Å². The van der Waals surface area contributed by atoms with Crippen LogP contribution in [0.5, 0.6) is 11.5 Å². The van der Waals surface area contributed by atoms with Gasteiger partial charge in [-0.2, -0.15) is 0 Å². The molecule has 0 saturated carbocycles. The number of amides is 2. The van der Waals surface area contributed by atoms with E-state index >= 15 is 0 Å². The maximum atomic E-state index is 13.2. The maximum Gasteiger partial charge on any atom is 0.242 e. The number of benzene rings is 2. The Morgan fingerprint density at radius 2 is 1.74 bits per heavy atom. The van der Waals surface area contributed by atoms with Crippen LogP contribution in [0, 0.1) is 0 Å². The minimum absolute atomic E-state index is 0.0316. The van der Waals surface area contributed by atoms with Crippen molar-refractivity contribution in [3.05, 3.63) is 54.2 Å². The normalized spacial score (nSPS) is 15.4. The van der Waals surface area contributed by atoms with Gasteiger partial charge >= 0.3 is 0 Å². The molecule has 2 aliphatic heterocycles. The molecule has 1 aromatic heterocycles. The quantitative estimate of drug-likeness (QED) is 0.538. The Labute approximate surface area is 203 Å². The minimum atomic E-state index is -3.94. The average molecular weight is 498 g/mol. The molecule has 1 fully saturated rings. The van der Waals surface area contributed by atoms with Gasteiger partial charge in [0.15, 0.2) is 21.3 Å². The predicted molar refractivity (Wildman–Crippen MR) is 129 cm³/mol. The number of rotatable bonds is 7. The third-order valence-corrected chi connectivity index (χ3v) is 7.99. The lowest BCUT2D eigenvalue weighted by atomic mass is 10.1. The molecule has 3 heterocycles. The summed E-state index contributed by atoms with van der Waals surface area (Å²) in [5, 5.41) is 3.17. The van der Waals surface area contributed by atoms with Crippen LogP contribution >= 0.6 is 0 Å². The summed E-state index contributed by atoms with van der Waals surface area (Å²) < 4.78 is 38.7. The van der Waals surface area contributed by atoms with Crippen molar-refractivity contribution in [2.24, 2.45) is 0 Å². The van der Waals surface area contributed by atoms with E-state index in [1.807, 2.05) is 4.90 Å². The van der Waals surface area contributed by atoms with Crippen LogP contribution in [-0.2, 0) is 32.5 Å². The number of carbonyl (C=O) groups excluding carboxylic acids is 2. The van der Waals surface area contributed by atoms with Crippen molar-refractivity contribution in [3.8, 4) is 11.5 Å². The molecular formula is C25H27N3O6S.